The maximum absolute atomic E-state index is 12.3. The molecule has 0 saturated carbocycles. The number of methoxy groups -OCH3 is 1. The molecule has 0 radical (unpaired) electrons. The van der Waals surface area contributed by atoms with Gasteiger partial charge in [0.05, 0.1) is 22.8 Å². The number of hydrogen-bond donors (Lipinski definition) is 2. The first-order valence-electron chi connectivity index (χ1n) is 8.95. The molecule has 0 saturated heterocycles. The van der Waals surface area contributed by atoms with Gasteiger partial charge in [0.1, 0.15) is 11.7 Å². The normalized spacial score (nSPS) is 15.8. The monoisotopic (exact) mass is 406 g/mol. The van der Waals surface area contributed by atoms with Gasteiger partial charge in [-0.2, -0.15) is 0 Å². The van der Waals surface area contributed by atoms with Gasteiger partial charge in [0, 0.05) is 6.42 Å². The molecule has 3 aromatic rings. The Morgan fingerprint density at radius 2 is 2.10 bits per heavy atom. The summed E-state index contributed by atoms with van der Waals surface area (Å²) in [5, 5.41) is 5.65. The Kier molecular flexibility index (Phi) is 5.35. The number of aromatic nitrogens is 1. The third-order valence-corrected chi connectivity index (χ3v) is 5.23. The Morgan fingerprint density at radius 3 is 2.90 bits per heavy atom. The summed E-state index contributed by atoms with van der Waals surface area (Å²) in [7, 11) is 1.33. The van der Waals surface area contributed by atoms with E-state index in [9.17, 15) is 9.59 Å². The van der Waals surface area contributed by atoms with Gasteiger partial charge in [-0.15, -0.1) is 11.3 Å². The highest BCUT2D eigenvalue weighted by Gasteiger charge is 2.26. The molecule has 7 nitrogen and oxygen atoms in total. The molecular formula is C21H18N4O3S. The van der Waals surface area contributed by atoms with Crippen LogP contribution in [-0.2, 0) is 20.7 Å². The molecule has 0 fully saturated rings. The molecule has 1 unspecified atom stereocenters. The number of carbonyl (C=O) groups excluding carboxylic acids is 2. The Morgan fingerprint density at radius 1 is 1.28 bits per heavy atom. The van der Waals surface area contributed by atoms with Crippen LogP contribution in [0, 0.1) is 0 Å². The Balaban J connectivity index is 1.54. The van der Waals surface area contributed by atoms with Gasteiger partial charge in [-0.3, -0.25) is 10.1 Å². The van der Waals surface area contributed by atoms with E-state index >= 15 is 0 Å². The number of amides is 1. The lowest BCUT2D eigenvalue weighted by atomic mass is 10.1. The topological polar surface area (TPSA) is 92.7 Å². The molecule has 146 valence electrons. The van der Waals surface area contributed by atoms with Crippen molar-refractivity contribution in [3.05, 3.63) is 70.9 Å². The number of hydrogen-bond acceptors (Lipinski definition) is 7. The minimum Gasteiger partial charge on any atom is -0.467 e. The summed E-state index contributed by atoms with van der Waals surface area (Å²) >= 11 is 1.54. The lowest BCUT2D eigenvalue weighted by Crippen LogP contribution is -2.47. The molecule has 1 atom stereocenters. The predicted molar refractivity (Wildman–Crippen MR) is 112 cm³/mol. The van der Waals surface area contributed by atoms with E-state index in [0.717, 1.165) is 21.3 Å². The number of guanidine groups is 1. The third kappa shape index (κ3) is 4.33. The quantitative estimate of drug-likeness (QED) is 0.502. The number of esters is 1. The zero-order valence-electron chi connectivity index (χ0n) is 15.6. The fourth-order valence-electron chi connectivity index (χ4n) is 3.01. The van der Waals surface area contributed by atoms with Crippen LogP contribution >= 0.6 is 11.3 Å². The van der Waals surface area contributed by atoms with Crippen molar-refractivity contribution in [3.63, 3.8) is 0 Å². The molecule has 1 aromatic heterocycles. The van der Waals surface area contributed by atoms with E-state index in [-0.39, 0.29) is 17.6 Å². The van der Waals surface area contributed by atoms with Crippen molar-refractivity contribution in [2.45, 2.75) is 12.5 Å². The van der Waals surface area contributed by atoms with Crippen molar-refractivity contribution in [2.75, 3.05) is 7.11 Å². The van der Waals surface area contributed by atoms with Gasteiger partial charge in [0.2, 0.25) is 5.96 Å². The number of benzene rings is 2. The second kappa shape index (κ2) is 8.24. The third-order valence-electron chi connectivity index (χ3n) is 4.43. The summed E-state index contributed by atoms with van der Waals surface area (Å²) in [4.78, 5) is 33.1. The maximum atomic E-state index is 12.3. The maximum Gasteiger partial charge on any atom is 0.328 e. The van der Waals surface area contributed by atoms with E-state index in [1.165, 1.54) is 18.4 Å². The Hall–Kier alpha value is -3.52. The van der Waals surface area contributed by atoms with Crippen LogP contribution in [0.4, 0.5) is 0 Å². The first-order valence-corrected chi connectivity index (χ1v) is 9.83. The van der Waals surface area contributed by atoms with Gasteiger partial charge < -0.3 is 10.1 Å². The van der Waals surface area contributed by atoms with Crippen LogP contribution in [0.5, 0.6) is 0 Å². The largest absolute Gasteiger partial charge is 0.467 e. The fraction of sp³-hybridized carbons (Fsp3) is 0.143. The number of nitrogens with one attached hydrogen (secondary N) is 2. The summed E-state index contributed by atoms with van der Waals surface area (Å²) < 4.78 is 5.92. The van der Waals surface area contributed by atoms with E-state index in [0.29, 0.717) is 6.42 Å². The molecule has 2 aromatic carbocycles. The van der Waals surface area contributed by atoms with Gasteiger partial charge in [0.15, 0.2) is 0 Å². The summed E-state index contributed by atoms with van der Waals surface area (Å²) in [5.41, 5.74) is 4.78. The van der Waals surface area contributed by atoms with Gasteiger partial charge in [-0.1, -0.05) is 36.4 Å². The summed E-state index contributed by atoms with van der Waals surface area (Å²) in [6.45, 7) is 0. The van der Waals surface area contributed by atoms with Crippen molar-refractivity contribution >= 4 is 45.5 Å². The van der Waals surface area contributed by atoms with Crippen LogP contribution < -0.4 is 10.6 Å². The SMILES string of the molecule is COC(=O)C(Cc1ccccc1)NC1=N/C(=C\c2ccc3ncsc3c2)C(=O)N1. The molecular weight excluding hydrogens is 388 g/mol. The molecule has 0 spiro atoms. The Bertz CT molecular complexity index is 1120. The number of rotatable bonds is 5. The van der Waals surface area contributed by atoms with Crippen LogP contribution in [0.25, 0.3) is 16.3 Å². The number of aliphatic imine (C=N–C) groups is 1. The van der Waals surface area contributed by atoms with Gasteiger partial charge in [-0.05, 0) is 29.3 Å². The van der Waals surface area contributed by atoms with E-state index in [1.807, 2.05) is 48.5 Å². The first-order chi connectivity index (χ1) is 14.1. The lowest BCUT2D eigenvalue weighted by molar-refractivity contribution is -0.142. The molecule has 1 amide bonds. The first kappa shape index (κ1) is 18.8. The highest BCUT2D eigenvalue weighted by Crippen LogP contribution is 2.21. The van der Waals surface area contributed by atoms with Crippen LogP contribution in [0.3, 0.4) is 0 Å². The summed E-state index contributed by atoms with van der Waals surface area (Å²) in [5.74, 6) is -0.537. The van der Waals surface area contributed by atoms with Gasteiger partial charge in [-0.25, -0.2) is 14.8 Å². The zero-order valence-corrected chi connectivity index (χ0v) is 16.4. The van der Waals surface area contributed by atoms with Crippen molar-refractivity contribution in [2.24, 2.45) is 4.99 Å². The standard InChI is InChI=1S/C21H18N4O3S/c1-28-20(27)17(9-13-5-3-2-4-6-13)24-21-23-16(19(26)25-21)10-14-7-8-15-18(11-14)29-12-22-15/h2-8,10-12,17H,9H2,1H3,(H2,23,24,25,26)/b16-10-. The van der Waals surface area contributed by atoms with Crippen molar-refractivity contribution in [1.29, 1.82) is 0 Å². The number of carbonyl (C=O) groups is 2. The minimum absolute atomic E-state index is 0.228. The summed E-state index contributed by atoms with van der Waals surface area (Å²) in [6.07, 6.45) is 2.11. The van der Waals surface area contributed by atoms with Crippen LogP contribution in [0.15, 0.2) is 64.7 Å². The van der Waals surface area contributed by atoms with E-state index < -0.39 is 12.0 Å². The highest BCUT2D eigenvalue weighted by molar-refractivity contribution is 7.16. The van der Waals surface area contributed by atoms with E-state index in [1.54, 1.807) is 11.6 Å². The van der Waals surface area contributed by atoms with Gasteiger partial charge in [0.25, 0.3) is 5.91 Å². The number of ether oxygens (including phenoxy) is 1. The van der Waals surface area contributed by atoms with Crippen molar-refractivity contribution < 1.29 is 14.3 Å². The second-order valence-corrected chi connectivity index (χ2v) is 7.32. The zero-order chi connectivity index (χ0) is 20.2. The van der Waals surface area contributed by atoms with Crippen molar-refractivity contribution in [1.82, 2.24) is 15.6 Å². The Labute approximate surface area is 171 Å². The molecule has 29 heavy (non-hydrogen) atoms. The van der Waals surface area contributed by atoms with Crippen LogP contribution in [-0.4, -0.2) is 36.0 Å². The minimum atomic E-state index is -0.672. The second-order valence-electron chi connectivity index (χ2n) is 6.43. The smallest absolute Gasteiger partial charge is 0.328 e. The lowest BCUT2D eigenvalue weighted by Gasteiger charge is -2.17. The van der Waals surface area contributed by atoms with Crippen LogP contribution in [0.2, 0.25) is 0 Å². The predicted octanol–water partition coefficient (Wildman–Crippen LogP) is 2.50. The number of fused-ring (bicyclic) bond motifs is 1. The molecule has 1 aliphatic rings. The van der Waals surface area contributed by atoms with Crippen molar-refractivity contribution in [3.8, 4) is 0 Å². The van der Waals surface area contributed by atoms with E-state index in [2.05, 4.69) is 20.6 Å². The van der Waals surface area contributed by atoms with E-state index in [4.69, 9.17) is 4.74 Å². The molecule has 0 aliphatic carbocycles. The number of nitrogens with zero attached hydrogens (tertiary/aromatic N) is 2. The fourth-order valence-corrected chi connectivity index (χ4v) is 3.73. The summed E-state index contributed by atoms with van der Waals surface area (Å²) in [6, 6.07) is 14.6. The molecule has 0 bridgehead atoms. The average Bonchev–Trinajstić information content (AvgIpc) is 3.33. The molecule has 4 rings (SSSR count). The average molecular weight is 406 g/mol. The van der Waals surface area contributed by atoms with Crippen LogP contribution in [0.1, 0.15) is 11.1 Å². The highest BCUT2D eigenvalue weighted by atomic mass is 32.1. The molecule has 2 N–H and O–H groups in total. The molecule has 1 aliphatic heterocycles. The molecule has 2 heterocycles. The number of thiazole rings is 1. The molecule has 8 heteroatoms. The van der Waals surface area contributed by atoms with Gasteiger partial charge >= 0.3 is 5.97 Å².